The van der Waals surface area contributed by atoms with Crippen LogP contribution in [-0.2, 0) is 6.42 Å². The van der Waals surface area contributed by atoms with Gasteiger partial charge in [0, 0.05) is 4.88 Å². The molecule has 0 radical (unpaired) electrons. The molecule has 0 saturated carbocycles. The largest absolute Gasteiger partial charge is 0.390 e. The summed E-state index contributed by atoms with van der Waals surface area (Å²) in [6.07, 6.45) is 1.01. The molecule has 0 amide bonds. The molecule has 0 aliphatic carbocycles. The van der Waals surface area contributed by atoms with Crippen molar-refractivity contribution in [2.75, 3.05) is 5.73 Å². The van der Waals surface area contributed by atoms with Gasteiger partial charge in [-0.15, -0.1) is 11.3 Å². The van der Waals surface area contributed by atoms with Crippen molar-refractivity contribution in [1.29, 1.82) is 0 Å². The smallest absolute Gasteiger partial charge is 0.141 e. The molecule has 19 heavy (non-hydrogen) atoms. The number of hydrogen-bond donors (Lipinski definition) is 2. The van der Waals surface area contributed by atoms with Crippen LogP contribution in [0.2, 0.25) is 0 Å². The van der Waals surface area contributed by atoms with Crippen LogP contribution in [0.25, 0.3) is 22.4 Å². The van der Waals surface area contributed by atoms with E-state index in [1.54, 1.807) is 11.3 Å². The number of rotatable bonds is 2. The van der Waals surface area contributed by atoms with Gasteiger partial charge in [-0.05, 0) is 43.5 Å². The summed E-state index contributed by atoms with van der Waals surface area (Å²) in [7, 11) is 0. The normalized spacial score (nSPS) is 11.3. The van der Waals surface area contributed by atoms with E-state index in [1.807, 2.05) is 0 Å². The van der Waals surface area contributed by atoms with Gasteiger partial charge < -0.3 is 10.7 Å². The first-order chi connectivity index (χ1) is 9.08. The van der Waals surface area contributed by atoms with Crippen molar-refractivity contribution in [3.63, 3.8) is 0 Å². The van der Waals surface area contributed by atoms with Crippen molar-refractivity contribution < 1.29 is 0 Å². The summed E-state index contributed by atoms with van der Waals surface area (Å²) in [5.41, 5.74) is 11.7. The Morgan fingerprint density at radius 1 is 1.26 bits per heavy atom. The Hall–Kier alpha value is -1.81. The Labute approximate surface area is 116 Å². The highest BCUT2D eigenvalue weighted by atomic mass is 32.1. The quantitative estimate of drug-likeness (QED) is 0.738. The van der Waals surface area contributed by atoms with Crippen LogP contribution in [0.4, 0.5) is 5.00 Å². The van der Waals surface area contributed by atoms with E-state index in [0.717, 1.165) is 33.8 Å². The lowest BCUT2D eigenvalue weighted by molar-refractivity contribution is 1.18. The number of fused-ring (bicyclic) bond motifs is 1. The minimum Gasteiger partial charge on any atom is -0.390 e. The lowest BCUT2D eigenvalue weighted by Crippen LogP contribution is -1.84. The number of nitrogen functional groups attached to an aromatic ring is 1. The molecule has 98 valence electrons. The maximum atomic E-state index is 6.10. The lowest BCUT2D eigenvalue weighted by Gasteiger charge is -1.96. The second kappa shape index (κ2) is 4.38. The van der Waals surface area contributed by atoms with Crippen molar-refractivity contribution >= 4 is 27.4 Å². The summed E-state index contributed by atoms with van der Waals surface area (Å²) in [6, 6.07) is 6.42. The van der Waals surface area contributed by atoms with E-state index in [1.165, 1.54) is 16.0 Å². The highest BCUT2D eigenvalue weighted by molar-refractivity contribution is 7.16. The zero-order valence-electron chi connectivity index (χ0n) is 11.4. The van der Waals surface area contributed by atoms with Gasteiger partial charge in [0.1, 0.15) is 5.82 Å². The van der Waals surface area contributed by atoms with E-state index in [2.05, 4.69) is 44.0 Å². The number of nitrogens with zero attached hydrogens (tertiary/aromatic N) is 1. The fourth-order valence-electron chi connectivity index (χ4n) is 2.42. The maximum absolute atomic E-state index is 6.10. The van der Waals surface area contributed by atoms with Crippen LogP contribution in [0.3, 0.4) is 0 Å². The minimum atomic E-state index is 0.838. The number of hydrogen-bond acceptors (Lipinski definition) is 3. The Morgan fingerprint density at radius 2 is 2.05 bits per heavy atom. The van der Waals surface area contributed by atoms with Crippen molar-refractivity contribution in [3.8, 4) is 11.4 Å². The third-order valence-electron chi connectivity index (χ3n) is 3.34. The van der Waals surface area contributed by atoms with Gasteiger partial charge in [0.15, 0.2) is 0 Å². The molecule has 2 heterocycles. The number of H-pyrrole nitrogens is 1. The molecule has 0 atom stereocenters. The van der Waals surface area contributed by atoms with Crippen LogP contribution in [0.1, 0.15) is 22.9 Å². The standard InChI is InChI=1S/C15H17N3S/c1-4-10-7-11(14(16)19-10)15-17-12-6-8(2)5-9(3)13(12)18-15/h5-7H,4,16H2,1-3H3,(H,17,18). The second-order valence-electron chi connectivity index (χ2n) is 4.91. The van der Waals surface area contributed by atoms with E-state index in [9.17, 15) is 0 Å². The number of thiophene rings is 1. The number of aryl methyl sites for hydroxylation is 3. The number of imidazole rings is 1. The summed E-state index contributed by atoms with van der Waals surface area (Å²) in [5, 5.41) is 0.838. The highest BCUT2D eigenvalue weighted by Gasteiger charge is 2.13. The Bertz CT molecular complexity index is 752. The Kier molecular flexibility index (Phi) is 2.82. The summed E-state index contributed by atoms with van der Waals surface area (Å²) in [4.78, 5) is 9.38. The Morgan fingerprint density at radius 3 is 2.74 bits per heavy atom. The van der Waals surface area contributed by atoms with Crippen molar-refractivity contribution in [2.24, 2.45) is 0 Å². The number of benzene rings is 1. The van der Waals surface area contributed by atoms with E-state index in [4.69, 9.17) is 10.7 Å². The van der Waals surface area contributed by atoms with Crippen LogP contribution in [-0.4, -0.2) is 9.97 Å². The van der Waals surface area contributed by atoms with Crippen molar-refractivity contribution in [1.82, 2.24) is 9.97 Å². The van der Waals surface area contributed by atoms with Crippen LogP contribution in [0, 0.1) is 13.8 Å². The van der Waals surface area contributed by atoms with Gasteiger partial charge in [-0.1, -0.05) is 13.0 Å². The van der Waals surface area contributed by atoms with Crippen LogP contribution < -0.4 is 5.73 Å². The van der Waals surface area contributed by atoms with Crippen LogP contribution in [0.5, 0.6) is 0 Å². The van der Waals surface area contributed by atoms with Gasteiger partial charge in [0.2, 0.25) is 0 Å². The molecule has 0 fully saturated rings. The maximum Gasteiger partial charge on any atom is 0.141 e. The summed E-state index contributed by atoms with van der Waals surface area (Å²) < 4.78 is 0. The average molecular weight is 271 g/mol. The predicted molar refractivity (Wildman–Crippen MR) is 82.7 cm³/mol. The van der Waals surface area contributed by atoms with E-state index < -0.39 is 0 Å². The molecule has 0 bridgehead atoms. The van der Waals surface area contributed by atoms with Gasteiger partial charge in [0.05, 0.1) is 21.6 Å². The van der Waals surface area contributed by atoms with Crippen LogP contribution >= 0.6 is 11.3 Å². The van der Waals surface area contributed by atoms with Gasteiger partial charge >= 0.3 is 0 Å². The summed E-state index contributed by atoms with van der Waals surface area (Å²) >= 11 is 1.64. The van der Waals surface area contributed by atoms with Crippen molar-refractivity contribution in [2.45, 2.75) is 27.2 Å². The number of nitrogens with two attached hydrogens (primary N) is 1. The van der Waals surface area contributed by atoms with E-state index in [-0.39, 0.29) is 0 Å². The minimum absolute atomic E-state index is 0.838. The third kappa shape index (κ3) is 2.02. The summed E-state index contributed by atoms with van der Waals surface area (Å²) in [6.45, 7) is 6.33. The van der Waals surface area contributed by atoms with Gasteiger partial charge in [0.25, 0.3) is 0 Å². The fraction of sp³-hybridized carbons (Fsp3) is 0.267. The molecule has 1 aromatic carbocycles. The Balaban J connectivity index is 2.20. The first kappa shape index (κ1) is 12.2. The van der Waals surface area contributed by atoms with E-state index >= 15 is 0 Å². The molecular formula is C15H17N3S. The fourth-order valence-corrected chi connectivity index (χ4v) is 3.28. The number of aromatic nitrogens is 2. The SMILES string of the molecule is CCc1cc(-c2nc3c(C)cc(C)cc3[nH]2)c(N)s1. The van der Waals surface area contributed by atoms with E-state index in [0.29, 0.717) is 0 Å². The zero-order valence-corrected chi connectivity index (χ0v) is 12.2. The number of nitrogens with one attached hydrogen (secondary N) is 1. The molecule has 3 N–H and O–H groups in total. The molecular weight excluding hydrogens is 254 g/mol. The average Bonchev–Trinajstić information content (AvgIpc) is 2.92. The molecule has 4 heteroatoms. The number of anilines is 1. The molecule has 3 rings (SSSR count). The van der Waals surface area contributed by atoms with Gasteiger partial charge in [-0.2, -0.15) is 0 Å². The highest BCUT2D eigenvalue weighted by Crippen LogP contribution is 2.34. The number of aromatic amines is 1. The second-order valence-corrected chi connectivity index (χ2v) is 6.08. The summed E-state index contributed by atoms with van der Waals surface area (Å²) in [5.74, 6) is 0.872. The molecule has 0 unspecified atom stereocenters. The molecule has 2 aromatic heterocycles. The predicted octanol–water partition coefficient (Wildman–Crippen LogP) is 4.05. The molecule has 0 spiro atoms. The topological polar surface area (TPSA) is 54.7 Å². The zero-order chi connectivity index (χ0) is 13.6. The van der Waals surface area contributed by atoms with Gasteiger partial charge in [-0.25, -0.2) is 4.98 Å². The third-order valence-corrected chi connectivity index (χ3v) is 4.45. The molecule has 0 aliphatic heterocycles. The van der Waals surface area contributed by atoms with Crippen molar-refractivity contribution in [3.05, 3.63) is 34.2 Å². The first-order valence-electron chi connectivity index (χ1n) is 6.44. The first-order valence-corrected chi connectivity index (χ1v) is 7.25. The molecule has 3 aromatic rings. The molecule has 0 aliphatic rings. The molecule has 0 saturated heterocycles. The molecule has 3 nitrogen and oxygen atoms in total. The van der Waals surface area contributed by atoms with Gasteiger partial charge in [-0.3, -0.25) is 0 Å². The van der Waals surface area contributed by atoms with Crippen LogP contribution in [0.15, 0.2) is 18.2 Å². The monoisotopic (exact) mass is 271 g/mol. The lowest BCUT2D eigenvalue weighted by atomic mass is 10.1.